The lowest BCUT2D eigenvalue weighted by molar-refractivity contribution is 0.0943. The van der Waals surface area contributed by atoms with E-state index in [0.29, 0.717) is 10.7 Å². The molecular weight excluding hydrogens is 234 g/mol. The Morgan fingerprint density at radius 3 is 2.82 bits per heavy atom. The summed E-state index contributed by atoms with van der Waals surface area (Å²) < 4.78 is 0.955. The number of benzene rings is 1. The predicted octanol–water partition coefficient (Wildman–Crippen LogP) is 2.33. The Labute approximate surface area is 104 Å². The summed E-state index contributed by atoms with van der Waals surface area (Å²) in [6, 6.07) is 3.82. The van der Waals surface area contributed by atoms with Gasteiger partial charge in [-0.2, -0.15) is 0 Å². The van der Waals surface area contributed by atoms with Crippen LogP contribution in [0.4, 0.5) is 5.13 Å². The van der Waals surface area contributed by atoms with Crippen LogP contribution < -0.4 is 11.1 Å². The number of nitrogens with two attached hydrogens (primary N) is 1. The zero-order chi connectivity index (χ0) is 12.6. The van der Waals surface area contributed by atoms with Crippen molar-refractivity contribution in [1.82, 2.24) is 10.3 Å². The highest BCUT2D eigenvalue weighted by atomic mass is 32.1. The zero-order valence-corrected chi connectivity index (χ0v) is 10.9. The van der Waals surface area contributed by atoms with Crippen molar-refractivity contribution in [3.8, 4) is 0 Å². The first kappa shape index (κ1) is 11.9. The van der Waals surface area contributed by atoms with Gasteiger partial charge in [-0.15, -0.1) is 0 Å². The van der Waals surface area contributed by atoms with E-state index in [2.05, 4.69) is 10.3 Å². The summed E-state index contributed by atoms with van der Waals surface area (Å²) in [5.41, 5.74) is 8.19. The third-order valence-electron chi connectivity index (χ3n) is 2.38. The number of fused-ring (bicyclic) bond motifs is 1. The van der Waals surface area contributed by atoms with Gasteiger partial charge in [-0.05, 0) is 38.5 Å². The van der Waals surface area contributed by atoms with Gasteiger partial charge < -0.3 is 11.1 Å². The number of aromatic nitrogens is 1. The molecule has 1 amide bonds. The van der Waals surface area contributed by atoms with Crippen LogP contribution in [0.15, 0.2) is 12.1 Å². The van der Waals surface area contributed by atoms with Crippen molar-refractivity contribution in [3.05, 3.63) is 23.3 Å². The Morgan fingerprint density at radius 1 is 1.47 bits per heavy atom. The molecule has 0 aliphatic rings. The lowest BCUT2D eigenvalue weighted by atomic mass is 10.1. The number of nitrogens with zero attached hydrogens (tertiary/aromatic N) is 1. The molecule has 0 saturated heterocycles. The van der Waals surface area contributed by atoms with Gasteiger partial charge in [0, 0.05) is 11.6 Å². The Bertz CT molecular complexity index is 574. The Hall–Kier alpha value is -1.62. The van der Waals surface area contributed by atoms with Crippen molar-refractivity contribution in [2.45, 2.75) is 26.8 Å². The van der Waals surface area contributed by atoms with Crippen LogP contribution >= 0.6 is 11.3 Å². The summed E-state index contributed by atoms with van der Waals surface area (Å²) in [5.74, 6) is -0.0584. The third kappa shape index (κ3) is 2.39. The van der Waals surface area contributed by atoms with E-state index in [1.807, 2.05) is 32.9 Å². The van der Waals surface area contributed by atoms with Crippen LogP contribution in [0.5, 0.6) is 0 Å². The topological polar surface area (TPSA) is 68.0 Å². The number of hydrogen-bond acceptors (Lipinski definition) is 4. The smallest absolute Gasteiger partial charge is 0.251 e. The number of nitrogens with one attached hydrogen (secondary N) is 1. The standard InChI is InChI=1S/C12H15N3OS/c1-6(2)14-11(16)8-4-7(3)10-9(5-8)17-12(13)15-10/h4-6H,1-3H3,(H2,13,15)(H,14,16). The van der Waals surface area contributed by atoms with Gasteiger partial charge in [0.2, 0.25) is 0 Å². The van der Waals surface area contributed by atoms with Crippen LogP contribution in [0.3, 0.4) is 0 Å². The molecule has 5 heteroatoms. The minimum absolute atomic E-state index is 0.0584. The Morgan fingerprint density at radius 2 is 2.18 bits per heavy atom. The van der Waals surface area contributed by atoms with E-state index in [1.165, 1.54) is 11.3 Å². The number of aryl methyl sites for hydroxylation is 1. The molecule has 0 atom stereocenters. The fraction of sp³-hybridized carbons (Fsp3) is 0.333. The summed E-state index contributed by atoms with van der Waals surface area (Å²) in [7, 11) is 0. The molecule has 0 saturated carbocycles. The van der Waals surface area contributed by atoms with Crippen molar-refractivity contribution in [2.24, 2.45) is 0 Å². The molecule has 0 radical (unpaired) electrons. The molecule has 4 nitrogen and oxygen atoms in total. The summed E-state index contributed by atoms with van der Waals surface area (Å²) in [5, 5.41) is 3.40. The molecule has 0 fully saturated rings. The van der Waals surface area contributed by atoms with Crippen LogP contribution in [0.1, 0.15) is 29.8 Å². The first-order valence-corrected chi connectivity index (χ1v) is 6.26. The second-order valence-electron chi connectivity index (χ2n) is 4.32. The monoisotopic (exact) mass is 249 g/mol. The SMILES string of the molecule is Cc1cc(C(=O)NC(C)C)cc2sc(N)nc12. The highest BCUT2D eigenvalue weighted by Gasteiger charge is 2.11. The van der Waals surface area contributed by atoms with Gasteiger partial charge >= 0.3 is 0 Å². The molecule has 0 spiro atoms. The van der Waals surface area contributed by atoms with Crippen LogP contribution in [0.2, 0.25) is 0 Å². The summed E-state index contributed by atoms with van der Waals surface area (Å²) in [6.45, 7) is 5.82. The number of carbonyl (C=O) groups excluding carboxylic acids is 1. The predicted molar refractivity (Wildman–Crippen MR) is 71.4 cm³/mol. The van der Waals surface area contributed by atoms with E-state index in [4.69, 9.17) is 5.73 Å². The second-order valence-corrected chi connectivity index (χ2v) is 5.38. The number of amides is 1. The summed E-state index contributed by atoms with van der Waals surface area (Å²) in [6.07, 6.45) is 0. The van der Waals surface area contributed by atoms with Crippen molar-refractivity contribution in [2.75, 3.05) is 5.73 Å². The number of carbonyl (C=O) groups is 1. The molecule has 0 bridgehead atoms. The minimum Gasteiger partial charge on any atom is -0.375 e. The van der Waals surface area contributed by atoms with Gasteiger partial charge in [0.1, 0.15) is 0 Å². The summed E-state index contributed by atoms with van der Waals surface area (Å²) in [4.78, 5) is 16.1. The van der Waals surface area contributed by atoms with Gasteiger partial charge in [0.25, 0.3) is 5.91 Å². The first-order valence-electron chi connectivity index (χ1n) is 5.45. The average Bonchev–Trinajstić information content (AvgIpc) is 2.58. The first-order chi connectivity index (χ1) is 7.97. The number of nitrogen functional groups attached to an aromatic ring is 1. The lowest BCUT2D eigenvalue weighted by Gasteiger charge is -2.08. The number of thiazole rings is 1. The molecule has 17 heavy (non-hydrogen) atoms. The number of anilines is 1. The van der Waals surface area contributed by atoms with E-state index in [9.17, 15) is 4.79 Å². The van der Waals surface area contributed by atoms with Crippen molar-refractivity contribution < 1.29 is 4.79 Å². The normalized spacial score (nSPS) is 11.1. The van der Waals surface area contributed by atoms with Crippen LogP contribution in [0, 0.1) is 6.92 Å². The van der Waals surface area contributed by atoms with Gasteiger partial charge in [0.05, 0.1) is 10.2 Å². The maximum Gasteiger partial charge on any atom is 0.251 e. The molecule has 1 aromatic carbocycles. The number of rotatable bonds is 2. The van der Waals surface area contributed by atoms with Gasteiger partial charge in [0.15, 0.2) is 5.13 Å². The molecular formula is C12H15N3OS. The van der Waals surface area contributed by atoms with E-state index >= 15 is 0 Å². The summed E-state index contributed by atoms with van der Waals surface area (Å²) >= 11 is 1.40. The molecule has 0 aliphatic carbocycles. The number of hydrogen-bond donors (Lipinski definition) is 2. The van der Waals surface area contributed by atoms with Crippen LogP contribution in [-0.4, -0.2) is 16.9 Å². The zero-order valence-electron chi connectivity index (χ0n) is 10.1. The van der Waals surface area contributed by atoms with E-state index in [1.54, 1.807) is 0 Å². The van der Waals surface area contributed by atoms with E-state index in [0.717, 1.165) is 15.8 Å². The molecule has 2 aromatic rings. The fourth-order valence-electron chi connectivity index (χ4n) is 1.69. The van der Waals surface area contributed by atoms with Crippen molar-refractivity contribution >= 4 is 32.6 Å². The Kier molecular flexibility index (Phi) is 3.02. The molecule has 3 N–H and O–H groups in total. The maximum atomic E-state index is 11.9. The molecule has 0 aliphatic heterocycles. The third-order valence-corrected chi connectivity index (χ3v) is 3.22. The molecule has 1 aromatic heterocycles. The largest absolute Gasteiger partial charge is 0.375 e. The fourth-order valence-corrected chi connectivity index (χ4v) is 2.54. The molecule has 90 valence electrons. The van der Waals surface area contributed by atoms with E-state index < -0.39 is 0 Å². The van der Waals surface area contributed by atoms with Gasteiger partial charge in [-0.1, -0.05) is 11.3 Å². The highest BCUT2D eigenvalue weighted by Crippen LogP contribution is 2.27. The molecule has 2 rings (SSSR count). The Balaban J connectivity index is 2.46. The molecule has 1 heterocycles. The van der Waals surface area contributed by atoms with E-state index in [-0.39, 0.29) is 11.9 Å². The average molecular weight is 249 g/mol. The minimum atomic E-state index is -0.0584. The molecule has 0 unspecified atom stereocenters. The van der Waals surface area contributed by atoms with Gasteiger partial charge in [-0.3, -0.25) is 4.79 Å². The van der Waals surface area contributed by atoms with Crippen molar-refractivity contribution in [1.29, 1.82) is 0 Å². The van der Waals surface area contributed by atoms with Crippen LogP contribution in [-0.2, 0) is 0 Å². The lowest BCUT2D eigenvalue weighted by Crippen LogP contribution is -2.30. The highest BCUT2D eigenvalue weighted by molar-refractivity contribution is 7.22. The quantitative estimate of drug-likeness (QED) is 0.858. The van der Waals surface area contributed by atoms with Crippen molar-refractivity contribution in [3.63, 3.8) is 0 Å². The van der Waals surface area contributed by atoms with Crippen LogP contribution in [0.25, 0.3) is 10.2 Å². The maximum absolute atomic E-state index is 11.9. The second kappa shape index (κ2) is 4.33. The van der Waals surface area contributed by atoms with Gasteiger partial charge in [-0.25, -0.2) is 4.98 Å².